The van der Waals surface area contributed by atoms with Crippen LogP contribution in [0.1, 0.15) is 6.42 Å². The third-order valence-corrected chi connectivity index (χ3v) is 5.26. The highest BCUT2D eigenvalue weighted by atomic mass is 35.5. The number of amides is 2. The van der Waals surface area contributed by atoms with Crippen molar-refractivity contribution in [1.82, 2.24) is 4.98 Å². The lowest BCUT2D eigenvalue weighted by molar-refractivity contribution is -0.129. The number of rotatable bonds is 4. The van der Waals surface area contributed by atoms with Crippen molar-refractivity contribution in [2.45, 2.75) is 6.42 Å². The number of ether oxygens (including phenoxy) is 1. The second-order valence-electron chi connectivity index (χ2n) is 6.80. The number of nitrogens with one attached hydrogen (secondary N) is 1. The van der Waals surface area contributed by atoms with E-state index in [-0.39, 0.29) is 11.8 Å². The molecule has 2 fully saturated rings. The Labute approximate surface area is 168 Å². The first-order chi connectivity index (χ1) is 13.6. The molecule has 4 rings (SSSR count). The van der Waals surface area contributed by atoms with Crippen LogP contribution in [0, 0.1) is 5.92 Å². The first-order valence-electron chi connectivity index (χ1n) is 9.28. The second-order valence-corrected chi connectivity index (χ2v) is 7.24. The van der Waals surface area contributed by atoms with Crippen molar-refractivity contribution in [3.05, 3.63) is 47.6 Å². The third-order valence-electron chi connectivity index (χ3n) is 5.01. The van der Waals surface area contributed by atoms with E-state index in [9.17, 15) is 9.59 Å². The zero-order chi connectivity index (χ0) is 19.5. The van der Waals surface area contributed by atoms with Crippen LogP contribution in [0.4, 0.5) is 17.2 Å². The SMILES string of the molecule is O=C(Nc1ccc(N2CCOCC2)nc1)C1CCN(c2ccc(Cl)cc2)C1=O. The molecule has 0 aliphatic carbocycles. The molecule has 7 nitrogen and oxygen atoms in total. The van der Waals surface area contributed by atoms with Gasteiger partial charge in [-0.05, 0) is 42.8 Å². The van der Waals surface area contributed by atoms with Crippen molar-refractivity contribution in [1.29, 1.82) is 0 Å². The van der Waals surface area contributed by atoms with Crippen LogP contribution in [-0.2, 0) is 14.3 Å². The summed E-state index contributed by atoms with van der Waals surface area (Å²) in [7, 11) is 0. The molecule has 0 saturated carbocycles. The summed E-state index contributed by atoms with van der Waals surface area (Å²) in [6.45, 7) is 3.49. The second kappa shape index (κ2) is 8.16. The molecule has 8 heteroatoms. The number of aromatic nitrogens is 1. The molecular formula is C20H21ClN4O3. The number of nitrogens with zero attached hydrogens (tertiary/aromatic N) is 3. The van der Waals surface area contributed by atoms with Gasteiger partial charge in [0.1, 0.15) is 11.7 Å². The summed E-state index contributed by atoms with van der Waals surface area (Å²) in [6, 6.07) is 10.7. The van der Waals surface area contributed by atoms with E-state index in [1.807, 2.05) is 12.1 Å². The molecule has 1 aromatic heterocycles. The number of morpholine rings is 1. The van der Waals surface area contributed by atoms with Gasteiger partial charge in [-0.25, -0.2) is 4.98 Å². The lowest BCUT2D eigenvalue weighted by Crippen LogP contribution is -2.36. The van der Waals surface area contributed by atoms with Gasteiger partial charge in [0.25, 0.3) is 0 Å². The molecule has 2 saturated heterocycles. The number of hydrogen-bond acceptors (Lipinski definition) is 5. The number of carbonyl (C=O) groups excluding carboxylic acids is 2. The van der Waals surface area contributed by atoms with Gasteiger partial charge < -0.3 is 19.9 Å². The zero-order valence-electron chi connectivity index (χ0n) is 15.3. The van der Waals surface area contributed by atoms with Crippen LogP contribution in [0.5, 0.6) is 0 Å². The van der Waals surface area contributed by atoms with Crippen LogP contribution >= 0.6 is 11.6 Å². The van der Waals surface area contributed by atoms with E-state index in [1.165, 1.54) is 0 Å². The van der Waals surface area contributed by atoms with Gasteiger partial charge in [-0.3, -0.25) is 9.59 Å². The fourth-order valence-electron chi connectivity index (χ4n) is 3.47. The predicted molar refractivity (Wildman–Crippen MR) is 108 cm³/mol. The van der Waals surface area contributed by atoms with Crippen LogP contribution in [0.15, 0.2) is 42.6 Å². The molecular weight excluding hydrogens is 380 g/mol. The average Bonchev–Trinajstić information content (AvgIpc) is 3.11. The average molecular weight is 401 g/mol. The zero-order valence-corrected chi connectivity index (χ0v) is 16.1. The lowest BCUT2D eigenvalue weighted by Gasteiger charge is -2.27. The van der Waals surface area contributed by atoms with Crippen LogP contribution in [-0.4, -0.2) is 49.6 Å². The monoisotopic (exact) mass is 400 g/mol. The molecule has 28 heavy (non-hydrogen) atoms. The van der Waals surface area contributed by atoms with Crippen LogP contribution < -0.4 is 15.1 Å². The van der Waals surface area contributed by atoms with Gasteiger partial charge in [0.15, 0.2) is 0 Å². The summed E-state index contributed by atoms with van der Waals surface area (Å²) in [5.74, 6) is -0.346. The molecule has 2 aliphatic heterocycles. The molecule has 1 unspecified atom stereocenters. The minimum absolute atomic E-state index is 0.197. The van der Waals surface area contributed by atoms with E-state index in [2.05, 4.69) is 15.2 Å². The summed E-state index contributed by atoms with van der Waals surface area (Å²) >= 11 is 5.90. The maximum atomic E-state index is 12.7. The van der Waals surface area contributed by atoms with Crippen molar-refractivity contribution in [2.75, 3.05) is 48.0 Å². The molecule has 2 amide bonds. The Hall–Kier alpha value is -2.64. The molecule has 2 aromatic rings. The lowest BCUT2D eigenvalue weighted by atomic mass is 10.1. The Bertz CT molecular complexity index is 851. The highest BCUT2D eigenvalue weighted by Gasteiger charge is 2.37. The first kappa shape index (κ1) is 18.7. The fourth-order valence-corrected chi connectivity index (χ4v) is 3.60. The number of pyridine rings is 1. The molecule has 3 heterocycles. The molecule has 0 radical (unpaired) electrons. The van der Waals surface area contributed by atoms with Crippen molar-refractivity contribution >= 4 is 40.6 Å². The largest absolute Gasteiger partial charge is 0.378 e. The molecule has 2 aliphatic rings. The highest BCUT2D eigenvalue weighted by Crippen LogP contribution is 2.27. The van der Waals surface area contributed by atoms with E-state index >= 15 is 0 Å². The normalized spacial score (nSPS) is 19.8. The Balaban J connectivity index is 1.38. The van der Waals surface area contributed by atoms with E-state index < -0.39 is 5.92 Å². The summed E-state index contributed by atoms with van der Waals surface area (Å²) in [5.41, 5.74) is 1.33. The Morgan fingerprint density at radius 1 is 1.11 bits per heavy atom. The molecule has 1 aromatic carbocycles. The maximum absolute atomic E-state index is 12.7. The summed E-state index contributed by atoms with van der Waals surface area (Å²) in [6.07, 6.45) is 2.10. The molecule has 0 bridgehead atoms. The third kappa shape index (κ3) is 3.95. The smallest absolute Gasteiger partial charge is 0.239 e. The Kier molecular flexibility index (Phi) is 5.45. The van der Waals surface area contributed by atoms with Gasteiger partial charge in [-0.2, -0.15) is 0 Å². The molecule has 1 N–H and O–H groups in total. The standard InChI is InChI=1S/C20H21ClN4O3/c21-14-1-4-16(5-2-14)25-8-7-17(20(25)27)19(26)23-15-3-6-18(22-13-15)24-9-11-28-12-10-24/h1-6,13,17H,7-12H2,(H,23,26). The maximum Gasteiger partial charge on any atom is 0.239 e. The summed E-state index contributed by atoms with van der Waals surface area (Å²) in [5, 5.41) is 3.42. The topological polar surface area (TPSA) is 74.8 Å². The van der Waals surface area contributed by atoms with E-state index in [0.29, 0.717) is 36.9 Å². The number of benzene rings is 1. The van der Waals surface area contributed by atoms with Gasteiger partial charge in [-0.15, -0.1) is 0 Å². The van der Waals surface area contributed by atoms with Gasteiger partial charge in [0.2, 0.25) is 11.8 Å². The summed E-state index contributed by atoms with van der Waals surface area (Å²) in [4.78, 5) is 33.5. The van der Waals surface area contributed by atoms with Crippen molar-refractivity contribution in [2.24, 2.45) is 5.92 Å². The van der Waals surface area contributed by atoms with E-state index in [0.717, 1.165) is 24.6 Å². The van der Waals surface area contributed by atoms with Crippen molar-refractivity contribution in [3.63, 3.8) is 0 Å². The highest BCUT2D eigenvalue weighted by molar-refractivity contribution is 6.30. The Morgan fingerprint density at radius 2 is 1.86 bits per heavy atom. The van der Waals surface area contributed by atoms with Crippen LogP contribution in [0.3, 0.4) is 0 Å². The molecule has 0 spiro atoms. The summed E-state index contributed by atoms with van der Waals surface area (Å²) < 4.78 is 5.34. The number of carbonyl (C=O) groups is 2. The van der Waals surface area contributed by atoms with E-state index in [1.54, 1.807) is 35.4 Å². The van der Waals surface area contributed by atoms with Gasteiger partial charge >= 0.3 is 0 Å². The molecule has 146 valence electrons. The van der Waals surface area contributed by atoms with Crippen LogP contribution in [0.2, 0.25) is 5.02 Å². The van der Waals surface area contributed by atoms with Crippen molar-refractivity contribution < 1.29 is 14.3 Å². The van der Waals surface area contributed by atoms with Gasteiger partial charge in [0.05, 0.1) is 25.1 Å². The number of halogens is 1. The quantitative estimate of drug-likeness (QED) is 0.798. The van der Waals surface area contributed by atoms with E-state index in [4.69, 9.17) is 16.3 Å². The fraction of sp³-hybridized carbons (Fsp3) is 0.350. The number of hydrogen-bond donors (Lipinski definition) is 1. The molecule has 1 atom stereocenters. The predicted octanol–water partition coefficient (Wildman–Crippen LogP) is 2.56. The van der Waals surface area contributed by atoms with Gasteiger partial charge in [-0.1, -0.05) is 11.6 Å². The van der Waals surface area contributed by atoms with Crippen LogP contribution in [0.25, 0.3) is 0 Å². The van der Waals surface area contributed by atoms with Crippen molar-refractivity contribution in [3.8, 4) is 0 Å². The number of anilines is 3. The first-order valence-corrected chi connectivity index (χ1v) is 9.66. The van der Waals surface area contributed by atoms with Gasteiger partial charge in [0, 0.05) is 30.3 Å². The Morgan fingerprint density at radius 3 is 2.54 bits per heavy atom. The minimum atomic E-state index is -0.699. The minimum Gasteiger partial charge on any atom is -0.378 e.